The Kier molecular flexibility index (Phi) is 7.00. The third-order valence-corrected chi connectivity index (χ3v) is 6.50. The maximum absolute atomic E-state index is 6.30. The van der Waals surface area contributed by atoms with E-state index in [2.05, 4.69) is 56.1 Å². The highest BCUT2D eigenvalue weighted by Crippen LogP contribution is 2.29. The first kappa shape index (κ1) is 22.7. The Morgan fingerprint density at radius 3 is 2.47 bits per heavy atom. The van der Waals surface area contributed by atoms with Gasteiger partial charge in [0, 0.05) is 61.8 Å². The zero-order chi connectivity index (χ0) is 23.3. The molecule has 0 bridgehead atoms. The summed E-state index contributed by atoms with van der Waals surface area (Å²) >= 11 is 6.30. The van der Waals surface area contributed by atoms with Gasteiger partial charge in [-0.2, -0.15) is 4.98 Å². The zero-order valence-corrected chi connectivity index (χ0v) is 20.2. The molecule has 0 unspecified atom stereocenters. The summed E-state index contributed by atoms with van der Waals surface area (Å²) in [6, 6.07) is 20.5. The van der Waals surface area contributed by atoms with Gasteiger partial charge in [0.1, 0.15) is 5.65 Å². The van der Waals surface area contributed by atoms with Gasteiger partial charge in [0.2, 0.25) is 5.28 Å². The van der Waals surface area contributed by atoms with E-state index < -0.39 is 0 Å². The third kappa shape index (κ3) is 5.20. The van der Waals surface area contributed by atoms with E-state index in [1.807, 2.05) is 53.4 Å². The summed E-state index contributed by atoms with van der Waals surface area (Å²) in [6.45, 7) is 6.64. The standard InChI is InChI=1S/C27H29ClN6/c1-32-16-18-33(19-17-32)14-5-13-29-20-21-8-10-23(11-9-21)34-15-12-24-25(22-6-3-2-4-7-22)30-27(28)31-26(24)34/h2-4,6-12,15,20H,5,13-14,16-19H2,1H3/b29-20+. The fraction of sp³-hybridized carbons (Fsp3) is 0.296. The topological polar surface area (TPSA) is 49.5 Å². The Labute approximate surface area is 205 Å². The van der Waals surface area contributed by atoms with E-state index in [0.717, 1.165) is 66.1 Å². The summed E-state index contributed by atoms with van der Waals surface area (Å²) in [5.41, 5.74) is 4.78. The summed E-state index contributed by atoms with van der Waals surface area (Å²) in [5.74, 6) is 0. The van der Waals surface area contributed by atoms with E-state index in [-0.39, 0.29) is 5.28 Å². The summed E-state index contributed by atoms with van der Waals surface area (Å²) in [6.07, 6.45) is 5.08. The predicted octanol–water partition coefficient (Wildman–Crippen LogP) is 4.80. The SMILES string of the molecule is CN1CCN(CCC/N=C/c2ccc(-n3ccc4c(-c5ccccc5)nc(Cl)nc43)cc2)CC1. The van der Waals surface area contributed by atoms with Gasteiger partial charge >= 0.3 is 0 Å². The van der Waals surface area contributed by atoms with Crippen LogP contribution in [-0.4, -0.2) is 76.9 Å². The van der Waals surface area contributed by atoms with Crippen LogP contribution in [0.1, 0.15) is 12.0 Å². The number of rotatable bonds is 7. The molecule has 3 heterocycles. The van der Waals surface area contributed by atoms with Crippen LogP contribution in [-0.2, 0) is 0 Å². The van der Waals surface area contributed by atoms with Crippen molar-refractivity contribution in [3.05, 3.63) is 77.7 Å². The van der Waals surface area contributed by atoms with Crippen molar-refractivity contribution >= 4 is 28.8 Å². The van der Waals surface area contributed by atoms with Crippen molar-refractivity contribution in [3.8, 4) is 16.9 Å². The minimum atomic E-state index is 0.242. The quantitative estimate of drug-likeness (QED) is 0.220. The van der Waals surface area contributed by atoms with Crippen molar-refractivity contribution in [2.75, 3.05) is 46.3 Å². The number of aromatic nitrogens is 3. The average molecular weight is 473 g/mol. The van der Waals surface area contributed by atoms with Crippen molar-refractivity contribution in [1.29, 1.82) is 0 Å². The van der Waals surface area contributed by atoms with Gasteiger partial charge in [0.15, 0.2) is 0 Å². The van der Waals surface area contributed by atoms with Crippen molar-refractivity contribution in [2.45, 2.75) is 6.42 Å². The number of benzene rings is 2. The molecule has 1 fully saturated rings. The average Bonchev–Trinajstić information content (AvgIpc) is 3.29. The van der Waals surface area contributed by atoms with Gasteiger partial charge < -0.3 is 14.4 Å². The van der Waals surface area contributed by atoms with E-state index in [9.17, 15) is 0 Å². The second-order valence-corrected chi connectivity index (χ2v) is 9.09. The molecule has 0 N–H and O–H groups in total. The van der Waals surface area contributed by atoms with Crippen LogP contribution >= 0.6 is 11.6 Å². The summed E-state index contributed by atoms with van der Waals surface area (Å²) in [5, 5.41) is 1.22. The van der Waals surface area contributed by atoms with E-state index in [4.69, 9.17) is 11.6 Å². The summed E-state index contributed by atoms with van der Waals surface area (Å²) in [4.78, 5) is 18.6. The van der Waals surface area contributed by atoms with Crippen LogP contribution in [0.5, 0.6) is 0 Å². The smallest absolute Gasteiger partial charge is 0.224 e. The second kappa shape index (κ2) is 10.5. The van der Waals surface area contributed by atoms with Crippen LogP contribution < -0.4 is 0 Å². The Balaban J connectivity index is 1.26. The van der Waals surface area contributed by atoms with Crippen LogP contribution in [0.2, 0.25) is 5.28 Å². The first-order chi connectivity index (χ1) is 16.7. The molecule has 5 rings (SSSR count). The Hall–Kier alpha value is -3.06. The van der Waals surface area contributed by atoms with Crippen LogP contribution in [0.25, 0.3) is 28.0 Å². The molecule has 174 valence electrons. The van der Waals surface area contributed by atoms with E-state index in [1.165, 1.54) is 13.1 Å². The molecule has 1 aliphatic rings. The van der Waals surface area contributed by atoms with Gasteiger partial charge in [-0.05, 0) is 55.4 Å². The molecular formula is C27H29ClN6. The number of likely N-dealkylation sites (N-methyl/N-ethyl adjacent to an activating group) is 1. The largest absolute Gasteiger partial charge is 0.304 e. The first-order valence-corrected chi connectivity index (χ1v) is 12.2. The zero-order valence-electron chi connectivity index (χ0n) is 19.4. The van der Waals surface area contributed by atoms with Crippen LogP contribution in [0.3, 0.4) is 0 Å². The number of hydrogen-bond acceptors (Lipinski definition) is 5. The summed E-state index contributed by atoms with van der Waals surface area (Å²) < 4.78 is 2.05. The number of fused-ring (bicyclic) bond motifs is 1. The monoisotopic (exact) mass is 472 g/mol. The number of nitrogens with zero attached hydrogens (tertiary/aromatic N) is 6. The lowest BCUT2D eigenvalue weighted by Crippen LogP contribution is -2.44. The highest BCUT2D eigenvalue weighted by atomic mass is 35.5. The molecule has 0 saturated carbocycles. The molecule has 6 nitrogen and oxygen atoms in total. The lowest BCUT2D eigenvalue weighted by molar-refractivity contribution is 0.153. The van der Waals surface area contributed by atoms with Gasteiger partial charge in [-0.15, -0.1) is 0 Å². The van der Waals surface area contributed by atoms with Crippen LogP contribution in [0, 0.1) is 0 Å². The lowest BCUT2D eigenvalue weighted by atomic mass is 10.1. The van der Waals surface area contributed by atoms with E-state index in [1.54, 1.807) is 0 Å². The molecule has 1 aliphatic heterocycles. The highest BCUT2D eigenvalue weighted by Gasteiger charge is 2.14. The molecular weight excluding hydrogens is 444 g/mol. The predicted molar refractivity (Wildman–Crippen MR) is 140 cm³/mol. The molecule has 4 aromatic rings. The van der Waals surface area contributed by atoms with Gasteiger partial charge in [-0.3, -0.25) is 4.99 Å². The fourth-order valence-electron chi connectivity index (χ4n) is 4.36. The minimum Gasteiger partial charge on any atom is -0.304 e. The number of hydrogen-bond donors (Lipinski definition) is 0. The number of piperazine rings is 1. The molecule has 2 aromatic carbocycles. The molecule has 0 amide bonds. The van der Waals surface area contributed by atoms with Crippen molar-refractivity contribution in [2.24, 2.45) is 4.99 Å². The molecule has 7 heteroatoms. The van der Waals surface area contributed by atoms with Gasteiger partial charge in [0.05, 0.1) is 5.69 Å². The second-order valence-electron chi connectivity index (χ2n) is 8.76. The van der Waals surface area contributed by atoms with Gasteiger partial charge in [-0.1, -0.05) is 42.5 Å². The molecule has 0 spiro atoms. The Morgan fingerprint density at radius 2 is 1.71 bits per heavy atom. The van der Waals surface area contributed by atoms with Crippen LogP contribution in [0.4, 0.5) is 0 Å². The van der Waals surface area contributed by atoms with Crippen LogP contribution in [0.15, 0.2) is 71.9 Å². The molecule has 0 aliphatic carbocycles. The van der Waals surface area contributed by atoms with Crippen molar-refractivity contribution in [1.82, 2.24) is 24.3 Å². The fourth-order valence-corrected chi connectivity index (χ4v) is 4.52. The number of halogens is 1. The molecule has 1 saturated heterocycles. The lowest BCUT2D eigenvalue weighted by Gasteiger charge is -2.32. The van der Waals surface area contributed by atoms with E-state index in [0.29, 0.717) is 0 Å². The van der Waals surface area contributed by atoms with Gasteiger partial charge in [0.25, 0.3) is 0 Å². The summed E-state index contributed by atoms with van der Waals surface area (Å²) in [7, 11) is 2.19. The maximum atomic E-state index is 6.30. The first-order valence-electron chi connectivity index (χ1n) is 11.8. The minimum absolute atomic E-state index is 0.242. The van der Waals surface area contributed by atoms with E-state index >= 15 is 0 Å². The van der Waals surface area contributed by atoms with Crippen molar-refractivity contribution < 1.29 is 0 Å². The Morgan fingerprint density at radius 1 is 0.941 bits per heavy atom. The number of aliphatic imine (C=N–C) groups is 1. The molecule has 0 radical (unpaired) electrons. The normalized spacial score (nSPS) is 15.5. The Bertz CT molecular complexity index is 1260. The molecule has 34 heavy (non-hydrogen) atoms. The van der Waals surface area contributed by atoms with Crippen molar-refractivity contribution in [3.63, 3.8) is 0 Å². The van der Waals surface area contributed by atoms with Gasteiger partial charge in [-0.25, -0.2) is 4.98 Å². The third-order valence-electron chi connectivity index (χ3n) is 6.33. The highest BCUT2D eigenvalue weighted by molar-refractivity contribution is 6.28. The molecule has 0 atom stereocenters. The molecule has 2 aromatic heterocycles. The maximum Gasteiger partial charge on any atom is 0.224 e.